The number of benzene rings is 1. The number of nitrogens with one attached hydrogen (secondary N) is 1. The van der Waals surface area contributed by atoms with Crippen molar-refractivity contribution in [1.82, 2.24) is 9.97 Å². The van der Waals surface area contributed by atoms with Crippen molar-refractivity contribution in [1.29, 1.82) is 0 Å². The molecule has 0 unspecified atom stereocenters. The van der Waals surface area contributed by atoms with Crippen molar-refractivity contribution < 1.29 is 4.92 Å². The van der Waals surface area contributed by atoms with Crippen molar-refractivity contribution in [2.24, 2.45) is 0 Å². The number of nitro benzene ring substituents is 1. The van der Waals surface area contributed by atoms with Crippen LogP contribution in [0.1, 0.15) is 5.82 Å². The second kappa shape index (κ2) is 3.90. The molecule has 82 valence electrons. The van der Waals surface area contributed by atoms with Gasteiger partial charge in [0.2, 0.25) is 0 Å². The monoisotopic (exact) mass is 239 g/mol. The zero-order valence-corrected chi connectivity index (χ0v) is 8.69. The van der Waals surface area contributed by atoms with Gasteiger partial charge >= 0.3 is 0 Å². The highest BCUT2D eigenvalue weighted by Crippen LogP contribution is 2.16. The minimum absolute atomic E-state index is 0.0855. The smallest absolute Gasteiger partial charge is 0.270 e. The molecule has 0 radical (unpaired) electrons. The van der Waals surface area contributed by atoms with E-state index in [9.17, 15) is 14.9 Å². The zero-order chi connectivity index (χ0) is 11.7. The number of hydrogen-bond donors (Lipinski definition) is 1. The van der Waals surface area contributed by atoms with Crippen molar-refractivity contribution in [2.45, 2.75) is 5.88 Å². The highest BCUT2D eigenvalue weighted by atomic mass is 35.5. The van der Waals surface area contributed by atoms with Gasteiger partial charge in [-0.25, -0.2) is 4.98 Å². The van der Waals surface area contributed by atoms with Crippen molar-refractivity contribution in [3.05, 3.63) is 44.5 Å². The Balaban J connectivity index is 2.75. The average Bonchev–Trinajstić information content (AvgIpc) is 2.28. The van der Waals surface area contributed by atoms with Gasteiger partial charge in [-0.3, -0.25) is 14.9 Å². The number of alkyl halides is 1. The molecule has 7 heteroatoms. The summed E-state index contributed by atoms with van der Waals surface area (Å²) in [5, 5.41) is 10.7. The van der Waals surface area contributed by atoms with Gasteiger partial charge in [-0.05, 0) is 6.07 Å². The van der Waals surface area contributed by atoms with Crippen molar-refractivity contribution in [3.63, 3.8) is 0 Å². The molecule has 0 aliphatic carbocycles. The van der Waals surface area contributed by atoms with E-state index in [1.807, 2.05) is 0 Å². The Morgan fingerprint density at radius 2 is 2.25 bits per heavy atom. The molecule has 1 N–H and O–H groups in total. The second-order valence-corrected chi connectivity index (χ2v) is 3.37. The summed E-state index contributed by atoms with van der Waals surface area (Å²) in [4.78, 5) is 28.0. The van der Waals surface area contributed by atoms with E-state index in [4.69, 9.17) is 11.6 Å². The fourth-order valence-corrected chi connectivity index (χ4v) is 1.48. The maximum absolute atomic E-state index is 11.6. The number of non-ortho nitro benzene ring substituents is 1. The first-order valence-corrected chi connectivity index (χ1v) is 4.88. The number of rotatable bonds is 2. The maximum Gasteiger partial charge on any atom is 0.270 e. The van der Waals surface area contributed by atoms with Crippen LogP contribution in [0.15, 0.2) is 23.0 Å². The first-order valence-electron chi connectivity index (χ1n) is 4.35. The average molecular weight is 240 g/mol. The highest BCUT2D eigenvalue weighted by Gasteiger charge is 2.09. The summed E-state index contributed by atoms with van der Waals surface area (Å²) in [6, 6.07) is 3.92. The van der Waals surface area contributed by atoms with E-state index in [1.54, 1.807) is 0 Å². The van der Waals surface area contributed by atoms with Crippen LogP contribution in [-0.2, 0) is 5.88 Å². The third-order valence-corrected chi connectivity index (χ3v) is 2.33. The van der Waals surface area contributed by atoms with Crippen molar-refractivity contribution >= 4 is 28.2 Å². The van der Waals surface area contributed by atoms with Crippen LogP contribution in [0.3, 0.4) is 0 Å². The molecule has 0 saturated carbocycles. The summed E-state index contributed by atoms with van der Waals surface area (Å²) < 4.78 is 0. The summed E-state index contributed by atoms with van der Waals surface area (Å²) in [6.45, 7) is 0. The molecule has 1 aromatic carbocycles. The SMILES string of the molecule is O=c1[nH]c(CCl)nc2ccc([N+](=O)[O-])cc12. The number of aromatic nitrogens is 2. The Morgan fingerprint density at radius 3 is 2.88 bits per heavy atom. The molecule has 0 amide bonds. The molecule has 2 rings (SSSR count). The minimum atomic E-state index is -0.561. The summed E-state index contributed by atoms with van der Waals surface area (Å²) in [7, 11) is 0. The summed E-state index contributed by atoms with van der Waals surface area (Å²) in [5.74, 6) is 0.426. The zero-order valence-electron chi connectivity index (χ0n) is 7.94. The molecular formula is C9H6ClN3O3. The Bertz CT molecular complexity index is 623. The molecule has 0 atom stereocenters. The van der Waals surface area contributed by atoms with Gasteiger partial charge in [0.05, 0.1) is 21.7 Å². The van der Waals surface area contributed by atoms with Crippen LogP contribution >= 0.6 is 11.6 Å². The normalized spacial score (nSPS) is 10.6. The molecule has 0 spiro atoms. The lowest BCUT2D eigenvalue weighted by molar-refractivity contribution is -0.384. The Labute approximate surface area is 94.0 Å². The van der Waals surface area contributed by atoms with E-state index in [-0.39, 0.29) is 17.0 Å². The van der Waals surface area contributed by atoms with Crippen LogP contribution in [0.2, 0.25) is 0 Å². The molecule has 0 aliphatic heterocycles. The Morgan fingerprint density at radius 1 is 1.50 bits per heavy atom. The summed E-state index contributed by atoms with van der Waals surface area (Å²) in [6.07, 6.45) is 0. The predicted molar refractivity (Wildman–Crippen MR) is 58.6 cm³/mol. The van der Waals surface area contributed by atoms with Gasteiger partial charge in [0.15, 0.2) is 0 Å². The van der Waals surface area contributed by atoms with E-state index < -0.39 is 10.5 Å². The molecule has 1 heterocycles. The van der Waals surface area contributed by atoms with Crippen LogP contribution in [-0.4, -0.2) is 14.9 Å². The number of H-pyrrole nitrogens is 1. The summed E-state index contributed by atoms with van der Waals surface area (Å²) >= 11 is 5.54. The van der Waals surface area contributed by atoms with Gasteiger partial charge in [-0.15, -0.1) is 11.6 Å². The lowest BCUT2D eigenvalue weighted by Gasteiger charge is -1.99. The number of halogens is 1. The molecule has 0 bridgehead atoms. The molecule has 0 fully saturated rings. The molecule has 0 aliphatic rings. The lowest BCUT2D eigenvalue weighted by Crippen LogP contribution is -2.11. The van der Waals surface area contributed by atoms with Crippen LogP contribution in [0.5, 0.6) is 0 Å². The maximum atomic E-state index is 11.6. The molecule has 2 aromatic rings. The van der Waals surface area contributed by atoms with E-state index in [2.05, 4.69) is 9.97 Å². The van der Waals surface area contributed by atoms with E-state index in [0.29, 0.717) is 11.3 Å². The fourth-order valence-electron chi connectivity index (χ4n) is 1.35. The van der Waals surface area contributed by atoms with Gasteiger partial charge in [0.1, 0.15) is 5.82 Å². The topological polar surface area (TPSA) is 88.9 Å². The molecule has 0 saturated heterocycles. The fraction of sp³-hybridized carbons (Fsp3) is 0.111. The van der Waals surface area contributed by atoms with Crippen LogP contribution in [0.25, 0.3) is 10.9 Å². The lowest BCUT2D eigenvalue weighted by atomic mass is 10.2. The molecule has 16 heavy (non-hydrogen) atoms. The standard InChI is InChI=1S/C9H6ClN3O3/c10-4-8-11-7-2-1-5(13(15)16)3-6(7)9(14)12-8/h1-3H,4H2,(H,11,12,14). The number of nitro groups is 1. The third kappa shape index (κ3) is 1.74. The second-order valence-electron chi connectivity index (χ2n) is 3.10. The van der Waals surface area contributed by atoms with Crippen LogP contribution < -0.4 is 5.56 Å². The number of nitrogens with zero attached hydrogens (tertiary/aromatic N) is 2. The Kier molecular flexibility index (Phi) is 2.57. The highest BCUT2D eigenvalue weighted by molar-refractivity contribution is 6.16. The number of fused-ring (bicyclic) bond motifs is 1. The molecule has 6 nitrogen and oxygen atoms in total. The first kappa shape index (κ1) is 10.6. The number of hydrogen-bond acceptors (Lipinski definition) is 4. The largest absolute Gasteiger partial charge is 0.309 e. The van der Waals surface area contributed by atoms with Crippen molar-refractivity contribution in [2.75, 3.05) is 0 Å². The van der Waals surface area contributed by atoms with E-state index >= 15 is 0 Å². The van der Waals surface area contributed by atoms with Crippen molar-refractivity contribution in [3.8, 4) is 0 Å². The third-order valence-electron chi connectivity index (χ3n) is 2.08. The minimum Gasteiger partial charge on any atom is -0.309 e. The molecule has 1 aromatic heterocycles. The van der Waals surface area contributed by atoms with Crippen LogP contribution in [0.4, 0.5) is 5.69 Å². The Hall–Kier alpha value is -1.95. The molecular weight excluding hydrogens is 234 g/mol. The van der Waals surface area contributed by atoms with Gasteiger partial charge < -0.3 is 4.98 Å². The van der Waals surface area contributed by atoms with Gasteiger partial charge in [0, 0.05) is 12.1 Å². The first-order chi connectivity index (χ1) is 7.61. The predicted octanol–water partition coefficient (Wildman–Crippen LogP) is 1.57. The summed E-state index contributed by atoms with van der Waals surface area (Å²) in [5.41, 5.74) is -0.173. The van der Waals surface area contributed by atoms with Crippen LogP contribution in [0, 0.1) is 10.1 Å². The van der Waals surface area contributed by atoms with Gasteiger partial charge in [-0.2, -0.15) is 0 Å². The quantitative estimate of drug-likeness (QED) is 0.489. The van der Waals surface area contributed by atoms with Gasteiger partial charge in [-0.1, -0.05) is 0 Å². The van der Waals surface area contributed by atoms with E-state index in [1.165, 1.54) is 18.2 Å². The van der Waals surface area contributed by atoms with Gasteiger partial charge in [0.25, 0.3) is 11.2 Å². The number of aromatic amines is 1. The van der Waals surface area contributed by atoms with E-state index in [0.717, 1.165) is 0 Å².